The van der Waals surface area contributed by atoms with Crippen LogP contribution in [-0.4, -0.2) is 46.1 Å². The van der Waals surface area contributed by atoms with Gasteiger partial charge < -0.3 is 15.4 Å². The second-order valence-corrected chi connectivity index (χ2v) is 6.38. The number of hydrogen-bond acceptors (Lipinski definition) is 4. The topological polar surface area (TPSA) is 85.4 Å². The van der Waals surface area contributed by atoms with Crippen molar-refractivity contribution in [2.24, 2.45) is 0 Å². The molecule has 0 spiro atoms. The summed E-state index contributed by atoms with van der Waals surface area (Å²) in [6.45, 7) is 2.66. The number of pyridine rings is 1. The van der Waals surface area contributed by atoms with Gasteiger partial charge in [0.25, 0.3) is 5.56 Å². The highest BCUT2D eigenvalue weighted by Crippen LogP contribution is 2.28. The summed E-state index contributed by atoms with van der Waals surface area (Å²) in [6.07, 6.45) is 1.58. The zero-order valence-corrected chi connectivity index (χ0v) is 13.3. The summed E-state index contributed by atoms with van der Waals surface area (Å²) in [5, 5.41) is 14.2. The van der Waals surface area contributed by atoms with E-state index in [2.05, 4.69) is 10.3 Å². The number of likely N-dealkylation sites (tertiary alicyclic amines) is 1. The molecule has 1 saturated heterocycles. The predicted molar refractivity (Wildman–Crippen MR) is 88.1 cm³/mol. The number of benzene rings is 1. The lowest BCUT2D eigenvalue weighted by atomic mass is 9.97. The molecule has 1 aromatic heterocycles. The Morgan fingerprint density at radius 2 is 2.13 bits per heavy atom. The van der Waals surface area contributed by atoms with Gasteiger partial charge in [-0.25, -0.2) is 0 Å². The molecular formula is C17H21N3O3. The van der Waals surface area contributed by atoms with Crippen molar-refractivity contribution in [2.75, 3.05) is 13.6 Å². The van der Waals surface area contributed by atoms with Crippen LogP contribution in [-0.2, 0) is 11.3 Å². The van der Waals surface area contributed by atoms with Gasteiger partial charge in [-0.15, -0.1) is 0 Å². The highest BCUT2D eigenvalue weighted by Gasteiger charge is 2.44. The standard InChI is InChI=1S/C17H21N3O3/c1-17(7-12(21)10-20(17)2)16(23)19-9-11-8-18-15(22)14-6-4-3-5-13(11)14/h3-6,8,12,21H,7,9-10H2,1-2H3,(H,18,22)(H,19,23). The zero-order chi connectivity index (χ0) is 16.6. The average Bonchev–Trinajstić information content (AvgIpc) is 2.80. The number of β-amino-alcohol motifs (C(OH)–C–C–N with tert-alkyl or cyclic N) is 1. The van der Waals surface area contributed by atoms with Gasteiger partial charge in [-0.2, -0.15) is 0 Å². The highest BCUT2D eigenvalue weighted by molar-refractivity contribution is 5.88. The van der Waals surface area contributed by atoms with E-state index in [4.69, 9.17) is 0 Å². The fourth-order valence-corrected chi connectivity index (χ4v) is 3.24. The molecule has 1 aromatic carbocycles. The van der Waals surface area contributed by atoms with E-state index in [0.29, 0.717) is 24.9 Å². The molecule has 2 atom stereocenters. The Balaban J connectivity index is 1.80. The number of aliphatic hydroxyl groups is 1. The van der Waals surface area contributed by atoms with E-state index in [0.717, 1.165) is 10.9 Å². The summed E-state index contributed by atoms with van der Waals surface area (Å²) in [5.74, 6) is -0.119. The number of fused-ring (bicyclic) bond motifs is 1. The number of aromatic nitrogens is 1. The molecule has 122 valence electrons. The summed E-state index contributed by atoms with van der Waals surface area (Å²) >= 11 is 0. The number of carbonyl (C=O) groups excluding carboxylic acids is 1. The van der Waals surface area contributed by atoms with E-state index < -0.39 is 11.6 Å². The minimum absolute atomic E-state index is 0.119. The Hall–Kier alpha value is -2.18. The Morgan fingerprint density at radius 3 is 2.78 bits per heavy atom. The van der Waals surface area contributed by atoms with Gasteiger partial charge in [-0.05, 0) is 31.0 Å². The van der Waals surface area contributed by atoms with Crippen LogP contribution < -0.4 is 10.9 Å². The summed E-state index contributed by atoms with van der Waals surface area (Å²) in [5.41, 5.74) is 0.0110. The molecule has 2 aromatic rings. The number of hydrogen-bond donors (Lipinski definition) is 3. The molecule has 0 bridgehead atoms. The smallest absolute Gasteiger partial charge is 0.255 e. The Labute approximate surface area is 134 Å². The fraction of sp³-hybridized carbons (Fsp3) is 0.412. The van der Waals surface area contributed by atoms with Crippen molar-refractivity contribution >= 4 is 16.7 Å². The normalized spacial score (nSPS) is 24.9. The third-order valence-electron chi connectivity index (χ3n) is 4.78. The van der Waals surface area contributed by atoms with Crippen LogP contribution in [0.2, 0.25) is 0 Å². The van der Waals surface area contributed by atoms with E-state index in [9.17, 15) is 14.7 Å². The van der Waals surface area contributed by atoms with Crippen LogP contribution in [0, 0.1) is 0 Å². The molecule has 1 aliphatic rings. The van der Waals surface area contributed by atoms with Crippen molar-refractivity contribution in [3.63, 3.8) is 0 Å². The van der Waals surface area contributed by atoms with Gasteiger partial charge >= 0.3 is 0 Å². The molecule has 0 radical (unpaired) electrons. The largest absolute Gasteiger partial charge is 0.392 e. The molecule has 3 rings (SSSR count). The molecule has 1 aliphatic heterocycles. The van der Waals surface area contributed by atoms with Crippen LogP contribution >= 0.6 is 0 Å². The van der Waals surface area contributed by atoms with Crippen LogP contribution in [0.3, 0.4) is 0 Å². The first-order valence-electron chi connectivity index (χ1n) is 7.69. The van der Waals surface area contributed by atoms with Gasteiger partial charge in [0.2, 0.25) is 5.91 Å². The number of nitrogens with one attached hydrogen (secondary N) is 2. The molecule has 2 unspecified atom stereocenters. The van der Waals surface area contributed by atoms with E-state index in [1.54, 1.807) is 12.3 Å². The first-order chi connectivity index (χ1) is 10.9. The highest BCUT2D eigenvalue weighted by atomic mass is 16.3. The summed E-state index contributed by atoms with van der Waals surface area (Å²) in [6, 6.07) is 7.33. The second kappa shape index (κ2) is 5.79. The second-order valence-electron chi connectivity index (χ2n) is 6.38. The maximum Gasteiger partial charge on any atom is 0.255 e. The fourth-order valence-electron chi connectivity index (χ4n) is 3.24. The zero-order valence-electron chi connectivity index (χ0n) is 13.3. The molecule has 0 saturated carbocycles. The Morgan fingerprint density at radius 1 is 1.43 bits per heavy atom. The number of likely N-dealkylation sites (N-methyl/N-ethyl adjacent to an activating group) is 1. The SMILES string of the molecule is CN1CC(O)CC1(C)C(=O)NCc1c[nH]c(=O)c2ccccc12. The Kier molecular flexibility index (Phi) is 3.95. The van der Waals surface area contributed by atoms with Crippen molar-refractivity contribution in [3.05, 3.63) is 46.4 Å². The van der Waals surface area contributed by atoms with E-state index in [-0.39, 0.29) is 11.5 Å². The Bertz CT molecular complexity index is 801. The predicted octanol–water partition coefficient (Wildman–Crippen LogP) is 0.599. The number of amides is 1. The lowest BCUT2D eigenvalue weighted by molar-refractivity contribution is -0.130. The van der Waals surface area contributed by atoms with Crippen molar-refractivity contribution in [1.82, 2.24) is 15.2 Å². The molecule has 6 nitrogen and oxygen atoms in total. The third-order valence-corrected chi connectivity index (χ3v) is 4.78. The molecule has 3 N–H and O–H groups in total. The van der Waals surface area contributed by atoms with E-state index in [1.807, 2.05) is 37.1 Å². The number of H-pyrrole nitrogens is 1. The average molecular weight is 315 g/mol. The molecule has 1 amide bonds. The molecule has 6 heteroatoms. The number of nitrogens with zero attached hydrogens (tertiary/aromatic N) is 1. The number of aromatic amines is 1. The van der Waals surface area contributed by atoms with Gasteiger partial charge in [0.15, 0.2) is 0 Å². The number of rotatable bonds is 3. The minimum atomic E-state index is -0.711. The first-order valence-corrected chi connectivity index (χ1v) is 7.69. The summed E-state index contributed by atoms with van der Waals surface area (Å²) in [4.78, 5) is 29.0. The molecule has 0 aliphatic carbocycles. The van der Waals surface area contributed by atoms with Crippen molar-refractivity contribution in [3.8, 4) is 0 Å². The maximum absolute atomic E-state index is 12.6. The minimum Gasteiger partial charge on any atom is -0.392 e. The van der Waals surface area contributed by atoms with E-state index in [1.165, 1.54) is 0 Å². The van der Waals surface area contributed by atoms with Crippen molar-refractivity contribution in [2.45, 2.75) is 31.5 Å². The summed E-state index contributed by atoms with van der Waals surface area (Å²) < 4.78 is 0. The van der Waals surface area contributed by atoms with Crippen LogP contribution in [0.1, 0.15) is 18.9 Å². The van der Waals surface area contributed by atoms with Gasteiger partial charge in [0.05, 0.1) is 11.6 Å². The molecule has 1 fully saturated rings. The molecule has 23 heavy (non-hydrogen) atoms. The van der Waals surface area contributed by atoms with Crippen LogP contribution in [0.5, 0.6) is 0 Å². The quantitative estimate of drug-likeness (QED) is 0.774. The van der Waals surface area contributed by atoms with Gasteiger partial charge in [-0.3, -0.25) is 14.5 Å². The monoisotopic (exact) mass is 315 g/mol. The number of carbonyl (C=O) groups is 1. The number of aliphatic hydroxyl groups excluding tert-OH is 1. The van der Waals surface area contributed by atoms with Gasteiger partial charge in [0.1, 0.15) is 0 Å². The van der Waals surface area contributed by atoms with Crippen LogP contribution in [0.4, 0.5) is 0 Å². The first kappa shape index (κ1) is 15.7. The van der Waals surface area contributed by atoms with Crippen LogP contribution in [0.15, 0.2) is 35.3 Å². The van der Waals surface area contributed by atoms with E-state index >= 15 is 0 Å². The van der Waals surface area contributed by atoms with Crippen molar-refractivity contribution in [1.29, 1.82) is 0 Å². The lowest BCUT2D eigenvalue weighted by Gasteiger charge is -2.30. The van der Waals surface area contributed by atoms with Crippen molar-refractivity contribution < 1.29 is 9.90 Å². The van der Waals surface area contributed by atoms with Gasteiger partial charge in [0, 0.05) is 31.1 Å². The molecule has 2 heterocycles. The molecular weight excluding hydrogens is 294 g/mol. The van der Waals surface area contributed by atoms with Gasteiger partial charge in [-0.1, -0.05) is 18.2 Å². The summed E-state index contributed by atoms with van der Waals surface area (Å²) in [7, 11) is 1.84. The maximum atomic E-state index is 12.6. The lowest BCUT2D eigenvalue weighted by Crippen LogP contribution is -2.51. The van der Waals surface area contributed by atoms with Crippen LogP contribution in [0.25, 0.3) is 10.8 Å². The third kappa shape index (κ3) is 2.75.